The van der Waals surface area contributed by atoms with Gasteiger partial charge in [0.15, 0.2) is 0 Å². The molecule has 0 N–H and O–H groups in total. The van der Waals surface area contributed by atoms with E-state index in [0.717, 1.165) is 31.5 Å². The van der Waals surface area contributed by atoms with Crippen molar-refractivity contribution in [1.29, 1.82) is 0 Å². The van der Waals surface area contributed by atoms with E-state index in [2.05, 4.69) is 4.98 Å². The Morgan fingerprint density at radius 2 is 2.10 bits per heavy atom. The minimum absolute atomic E-state index is 0.204. The van der Waals surface area contributed by atoms with E-state index in [1.807, 2.05) is 31.7 Å². The lowest BCUT2D eigenvalue weighted by atomic mass is 9.88. The highest BCUT2D eigenvalue weighted by Crippen LogP contribution is 2.31. The second-order valence-corrected chi connectivity index (χ2v) is 7.15. The number of nitrogens with zero attached hydrogens (tertiary/aromatic N) is 2. The summed E-state index contributed by atoms with van der Waals surface area (Å²) in [7, 11) is 0. The monoisotopic (exact) mass is 314 g/mol. The molecule has 0 saturated carbocycles. The molecule has 1 atom stereocenters. The molecule has 0 radical (unpaired) electrons. The molecule has 1 aromatic heterocycles. The van der Waals surface area contributed by atoms with Crippen LogP contribution in [0.4, 0.5) is 0 Å². The van der Waals surface area contributed by atoms with Crippen molar-refractivity contribution in [3.8, 4) is 0 Å². The third kappa shape index (κ3) is 3.44. The van der Waals surface area contributed by atoms with E-state index in [0.29, 0.717) is 10.2 Å². The molecule has 1 aromatic rings. The lowest BCUT2D eigenvalue weighted by Gasteiger charge is -2.36. The van der Waals surface area contributed by atoms with Crippen molar-refractivity contribution in [2.24, 2.45) is 5.41 Å². The van der Waals surface area contributed by atoms with Crippen LogP contribution in [0.2, 0.25) is 10.2 Å². The molecule has 2 heterocycles. The lowest BCUT2D eigenvalue weighted by Crippen LogP contribution is -2.44. The van der Waals surface area contributed by atoms with Gasteiger partial charge in [0.05, 0.1) is 5.02 Å². The van der Waals surface area contributed by atoms with Crippen molar-refractivity contribution in [1.82, 2.24) is 9.88 Å². The second kappa shape index (κ2) is 5.90. The summed E-state index contributed by atoms with van der Waals surface area (Å²) in [6.07, 6.45) is 3.82. The Bertz CT molecular complexity index is 511. The van der Waals surface area contributed by atoms with Crippen LogP contribution in [-0.4, -0.2) is 28.9 Å². The number of carbonyl (C=O) groups is 1. The number of piperidine rings is 1. The van der Waals surface area contributed by atoms with E-state index < -0.39 is 0 Å². The summed E-state index contributed by atoms with van der Waals surface area (Å²) in [5.74, 6) is 0.493. The van der Waals surface area contributed by atoms with Gasteiger partial charge in [-0.1, -0.05) is 44.0 Å². The molecule has 0 spiro atoms. The van der Waals surface area contributed by atoms with Crippen LogP contribution in [0.3, 0.4) is 0 Å². The fourth-order valence-electron chi connectivity index (χ4n) is 2.57. The lowest BCUT2D eigenvalue weighted by molar-refractivity contribution is -0.140. The zero-order valence-electron chi connectivity index (χ0n) is 12.1. The van der Waals surface area contributed by atoms with Crippen LogP contribution in [0.5, 0.6) is 0 Å². The smallest absolute Gasteiger partial charge is 0.227 e. The summed E-state index contributed by atoms with van der Waals surface area (Å²) in [5, 5.41) is 0.803. The van der Waals surface area contributed by atoms with Gasteiger partial charge >= 0.3 is 0 Å². The quantitative estimate of drug-likeness (QED) is 0.730. The van der Waals surface area contributed by atoms with E-state index in [9.17, 15) is 4.79 Å². The number of halogens is 2. The Morgan fingerprint density at radius 1 is 1.40 bits per heavy atom. The van der Waals surface area contributed by atoms with Crippen molar-refractivity contribution >= 4 is 29.1 Å². The predicted octanol–water partition coefficient (Wildman–Crippen LogP) is 4.14. The van der Waals surface area contributed by atoms with Crippen LogP contribution in [0.1, 0.15) is 45.1 Å². The fraction of sp³-hybridized carbons (Fsp3) is 0.600. The Morgan fingerprint density at radius 3 is 2.70 bits per heavy atom. The molecule has 1 fully saturated rings. The molecule has 0 bridgehead atoms. The number of pyridine rings is 1. The van der Waals surface area contributed by atoms with Gasteiger partial charge in [-0.2, -0.15) is 0 Å². The third-order valence-corrected chi connectivity index (χ3v) is 4.33. The molecule has 1 saturated heterocycles. The average Bonchev–Trinajstić information content (AvgIpc) is 2.40. The van der Waals surface area contributed by atoms with Crippen molar-refractivity contribution in [3.63, 3.8) is 0 Å². The van der Waals surface area contributed by atoms with Gasteiger partial charge in [-0.25, -0.2) is 4.98 Å². The zero-order chi connectivity index (χ0) is 14.9. The van der Waals surface area contributed by atoms with E-state index >= 15 is 0 Å². The summed E-state index contributed by atoms with van der Waals surface area (Å²) in [4.78, 5) is 18.4. The first-order valence-electron chi connectivity index (χ1n) is 6.89. The minimum Gasteiger partial charge on any atom is -0.342 e. The summed E-state index contributed by atoms with van der Waals surface area (Å²) < 4.78 is 0. The molecule has 1 aliphatic rings. The Hall–Kier alpha value is -0.800. The van der Waals surface area contributed by atoms with Crippen LogP contribution in [0.25, 0.3) is 0 Å². The van der Waals surface area contributed by atoms with Crippen LogP contribution < -0.4 is 0 Å². The first-order chi connectivity index (χ1) is 9.29. The van der Waals surface area contributed by atoms with Crippen molar-refractivity contribution in [2.75, 3.05) is 13.1 Å². The highest BCUT2D eigenvalue weighted by molar-refractivity contribution is 6.41. The number of amides is 1. The Labute approximate surface area is 130 Å². The Kier molecular flexibility index (Phi) is 4.60. The van der Waals surface area contributed by atoms with Crippen molar-refractivity contribution < 1.29 is 4.79 Å². The SMILES string of the molecule is CC(C)(C)C(=O)N1CCCC(c2cnc(Cl)c(Cl)c2)C1. The van der Waals surface area contributed by atoms with Crippen LogP contribution in [0.15, 0.2) is 12.3 Å². The van der Waals surface area contributed by atoms with Gasteiger partial charge in [-0.15, -0.1) is 0 Å². The molecule has 2 rings (SSSR count). The van der Waals surface area contributed by atoms with Gasteiger partial charge in [0.25, 0.3) is 0 Å². The normalized spacial score (nSPS) is 20.1. The molecule has 3 nitrogen and oxygen atoms in total. The van der Waals surface area contributed by atoms with Gasteiger partial charge in [-0.3, -0.25) is 4.79 Å². The number of hydrogen-bond acceptors (Lipinski definition) is 2. The molecule has 0 aromatic carbocycles. The van der Waals surface area contributed by atoms with Gasteiger partial charge in [-0.05, 0) is 24.5 Å². The topological polar surface area (TPSA) is 33.2 Å². The van der Waals surface area contributed by atoms with E-state index in [1.165, 1.54) is 0 Å². The molecular weight excluding hydrogens is 295 g/mol. The van der Waals surface area contributed by atoms with E-state index in [1.54, 1.807) is 6.20 Å². The van der Waals surface area contributed by atoms with Crippen molar-refractivity contribution in [3.05, 3.63) is 28.0 Å². The molecule has 110 valence electrons. The standard InChI is InChI=1S/C15H20Cl2N2O/c1-15(2,3)14(20)19-6-4-5-10(9-19)11-7-12(16)13(17)18-8-11/h7-8,10H,4-6,9H2,1-3H3. The first kappa shape index (κ1) is 15.6. The maximum Gasteiger partial charge on any atom is 0.227 e. The summed E-state index contributed by atoms with van der Waals surface area (Å²) in [5.41, 5.74) is 0.725. The molecule has 0 aliphatic carbocycles. The van der Waals surface area contributed by atoms with Gasteiger partial charge in [0, 0.05) is 30.6 Å². The number of hydrogen-bond donors (Lipinski definition) is 0. The molecule has 1 unspecified atom stereocenters. The average molecular weight is 315 g/mol. The molecular formula is C15H20Cl2N2O. The molecule has 1 aliphatic heterocycles. The third-order valence-electron chi connectivity index (χ3n) is 3.64. The van der Waals surface area contributed by atoms with Crippen LogP contribution in [0, 0.1) is 5.41 Å². The number of aromatic nitrogens is 1. The molecule has 5 heteroatoms. The highest BCUT2D eigenvalue weighted by atomic mass is 35.5. The largest absolute Gasteiger partial charge is 0.342 e. The maximum atomic E-state index is 12.4. The number of likely N-dealkylation sites (tertiary alicyclic amines) is 1. The predicted molar refractivity (Wildman–Crippen MR) is 82.3 cm³/mol. The van der Waals surface area contributed by atoms with E-state index in [4.69, 9.17) is 23.2 Å². The number of carbonyl (C=O) groups excluding carboxylic acids is 1. The zero-order valence-corrected chi connectivity index (χ0v) is 13.6. The van der Waals surface area contributed by atoms with E-state index in [-0.39, 0.29) is 17.2 Å². The second-order valence-electron chi connectivity index (χ2n) is 6.38. The molecule has 20 heavy (non-hydrogen) atoms. The van der Waals surface area contributed by atoms with Gasteiger partial charge in [0.2, 0.25) is 5.91 Å². The summed E-state index contributed by atoms with van der Waals surface area (Å²) in [6, 6.07) is 1.87. The summed E-state index contributed by atoms with van der Waals surface area (Å²) in [6.45, 7) is 7.44. The maximum absolute atomic E-state index is 12.4. The highest BCUT2D eigenvalue weighted by Gasteiger charge is 2.31. The van der Waals surface area contributed by atoms with Gasteiger partial charge < -0.3 is 4.90 Å². The van der Waals surface area contributed by atoms with Crippen LogP contribution >= 0.6 is 23.2 Å². The minimum atomic E-state index is -0.336. The van der Waals surface area contributed by atoms with Crippen molar-refractivity contribution in [2.45, 2.75) is 39.5 Å². The van der Waals surface area contributed by atoms with Crippen LogP contribution in [-0.2, 0) is 4.79 Å². The Balaban J connectivity index is 2.14. The first-order valence-corrected chi connectivity index (χ1v) is 7.65. The fourth-order valence-corrected chi connectivity index (χ4v) is 2.85. The molecule has 1 amide bonds. The van der Waals surface area contributed by atoms with Gasteiger partial charge in [0.1, 0.15) is 5.15 Å². The number of rotatable bonds is 1. The summed E-state index contributed by atoms with van der Waals surface area (Å²) >= 11 is 11.9.